The third-order valence-corrected chi connectivity index (χ3v) is 4.27. The smallest absolute Gasteiger partial charge is 0.291 e. The Labute approximate surface area is 164 Å². The maximum Gasteiger partial charge on any atom is 0.291 e. The van der Waals surface area contributed by atoms with Gasteiger partial charge in [-0.15, -0.1) is 0 Å². The van der Waals surface area contributed by atoms with Crippen molar-refractivity contribution in [2.45, 2.75) is 6.04 Å². The van der Waals surface area contributed by atoms with Gasteiger partial charge in [-0.25, -0.2) is 0 Å². The summed E-state index contributed by atoms with van der Waals surface area (Å²) in [6, 6.07) is 19.9. The molecule has 2 amide bonds. The van der Waals surface area contributed by atoms with Gasteiger partial charge >= 0.3 is 0 Å². The summed E-state index contributed by atoms with van der Waals surface area (Å²) in [5.74, 6) is -0.252. The second kappa shape index (κ2) is 9.01. The molecule has 144 valence electrons. The summed E-state index contributed by atoms with van der Waals surface area (Å²) in [5, 5.41) is 5.84. The number of rotatable bonds is 7. The number of carbonyl (C=O) groups excluding carboxylic acids is 2. The zero-order chi connectivity index (χ0) is 19.9. The number of hydrogen-bond acceptors (Lipinski definition) is 3. The molecule has 3 N–H and O–H groups in total. The highest BCUT2D eigenvalue weighted by atomic mass is 16.3. The van der Waals surface area contributed by atoms with Crippen LogP contribution in [0.5, 0.6) is 0 Å². The standard InChI is InChI=1S/C22H23N3O3/c1-25(2)15-19(16-7-4-3-5-8-16)24-21(26)17-10-12-18(13-11-17)23-22(27)20-9-6-14-28-20/h3-14,19H,15H2,1-2H3,(H,23,27)(H,24,26)/p+1/t19-/m0/s1. The predicted octanol–water partition coefficient (Wildman–Crippen LogP) is 2.15. The first kappa shape index (κ1) is 19.4. The monoisotopic (exact) mass is 378 g/mol. The highest BCUT2D eigenvalue weighted by Crippen LogP contribution is 2.15. The van der Waals surface area contributed by atoms with E-state index in [1.807, 2.05) is 30.3 Å². The average Bonchev–Trinajstić information content (AvgIpc) is 3.23. The molecule has 0 saturated heterocycles. The van der Waals surface area contributed by atoms with Gasteiger partial charge in [0.15, 0.2) is 5.76 Å². The summed E-state index contributed by atoms with van der Waals surface area (Å²) in [4.78, 5) is 26.0. The quantitative estimate of drug-likeness (QED) is 0.590. The lowest BCUT2D eigenvalue weighted by Crippen LogP contribution is -3.06. The van der Waals surface area contributed by atoms with E-state index in [1.54, 1.807) is 36.4 Å². The fraction of sp³-hybridized carbons (Fsp3) is 0.182. The number of benzene rings is 2. The summed E-state index contributed by atoms with van der Waals surface area (Å²) in [6.07, 6.45) is 1.45. The Bertz CT molecular complexity index is 904. The molecule has 0 aliphatic heterocycles. The summed E-state index contributed by atoms with van der Waals surface area (Å²) < 4.78 is 5.07. The molecule has 28 heavy (non-hydrogen) atoms. The lowest BCUT2D eigenvalue weighted by atomic mass is 10.1. The molecule has 0 radical (unpaired) electrons. The molecule has 3 rings (SSSR count). The molecule has 6 nitrogen and oxygen atoms in total. The Morgan fingerprint density at radius 1 is 0.929 bits per heavy atom. The van der Waals surface area contributed by atoms with Crippen LogP contribution in [-0.4, -0.2) is 32.5 Å². The van der Waals surface area contributed by atoms with E-state index in [2.05, 4.69) is 24.7 Å². The van der Waals surface area contributed by atoms with Crippen LogP contribution in [0.3, 0.4) is 0 Å². The van der Waals surface area contributed by atoms with Crippen LogP contribution >= 0.6 is 0 Å². The SMILES string of the molecule is C[NH+](C)C[C@H](NC(=O)c1ccc(NC(=O)c2ccco2)cc1)c1ccccc1. The van der Waals surface area contributed by atoms with Crippen LogP contribution in [0.25, 0.3) is 0 Å². The van der Waals surface area contributed by atoms with Gasteiger partial charge in [0.05, 0.1) is 20.4 Å². The van der Waals surface area contributed by atoms with E-state index in [0.717, 1.165) is 12.1 Å². The molecular weight excluding hydrogens is 354 g/mol. The van der Waals surface area contributed by atoms with Crippen molar-refractivity contribution in [1.29, 1.82) is 0 Å². The van der Waals surface area contributed by atoms with Crippen LogP contribution in [0.15, 0.2) is 77.4 Å². The number of hydrogen-bond donors (Lipinski definition) is 3. The molecule has 1 aromatic heterocycles. The number of anilines is 1. The van der Waals surface area contributed by atoms with E-state index in [9.17, 15) is 9.59 Å². The van der Waals surface area contributed by atoms with Gasteiger partial charge in [0.25, 0.3) is 11.8 Å². The van der Waals surface area contributed by atoms with E-state index in [0.29, 0.717) is 11.3 Å². The molecule has 0 fully saturated rings. The van der Waals surface area contributed by atoms with Crippen LogP contribution in [0.1, 0.15) is 32.5 Å². The molecular formula is C22H24N3O3+. The number of amides is 2. The summed E-state index contributed by atoms with van der Waals surface area (Å²) in [7, 11) is 4.11. The fourth-order valence-electron chi connectivity index (χ4n) is 2.89. The predicted molar refractivity (Wildman–Crippen MR) is 107 cm³/mol. The van der Waals surface area contributed by atoms with Gasteiger partial charge in [0.1, 0.15) is 12.6 Å². The lowest BCUT2D eigenvalue weighted by Gasteiger charge is -2.21. The van der Waals surface area contributed by atoms with Crippen LogP contribution in [-0.2, 0) is 0 Å². The highest BCUT2D eigenvalue weighted by Gasteiger charge is 2.18. The molecule has 0 aliphatic carbocycles. The molecule has 0 aliphatic rings. The minimum atomic E-state index is -0.333. The largest absolute Gasteiger partial charge is 0.459 e. The molecule has 6 heteroatoms. The Morgan fingerprint density at radius 2 is 1.64 bits per heavy atom. The molecule has 0 saturated carbocycles. The lowest BCUT2D eigenvalue weighted by molar-refractivity contribution is -0.860. The molecule has 0 unspecified atom stereocenters. The number of quaternary nitrogens is 1. The van der Waals surface area contributed by atoms with Crippen molar-refractivity contribution in [3.05, 3.63) is 89.9 Å². The zero-order valence-electron chi connectivity index (χ0n) is 15.9. The Morgan fingerprint density at radius 3 is 2.25 bits per heavy atom. The number of carbonyl (C=O) groups is 2. The van der Waals surface area contributed by atoms with Gasteiger partial charge in [-0.05, 0) is 42.0 Å². The molecule has 1 atom stereocenters. The van der Waals surface area contributed by atoms with Gasteiger partial charge in [0.2, 0.25) is 0 Å². The van der Waals surface area contributed by atoms with Crippen LogP contribution < -0.4 is 15.5 Å². The molecule has 0 bridgehead atoms. The maximum atomic E-state index is 12.7. The Hall–Kier alpha value is -3.38. The minimum absolute atomic E-state index is 0.0861. The maximum absolute atomic E-state index is 12.7. The highest BCUT2D eigenvalue weighted by molar-refractivity contribution is 6.02. The molecule has 0 spiro atoms. The van der Waals surface area contributed by atoms with Gasteiger partial charge in [-0.3, -0.25) is 9.59 Å². The summed E-state index contributed by atoms with van der Waals surface area (Å²) in [5.41, 5.74) is 2.19. The minimum Gasteiger partial charge on any atom is -0.459 e. The van der Waals surface area contributed by atoms with Crippen LogP contribution in [0.2, 0.25) is 0 Å². The van der Waals surface area contributed by atoms with Crippen molar-refractivity contribution in [2.24, 2.45) is 0 Å². The fourth-order valence-corrected chi connectivity index (χ4v) is 2.89. The normalized spacial score (nSPS) is 11.8. The van der Waals surface area contributed by atoms with E-state index in [-0.39, 0.29) is 23.6 Å². The summed E-state index contributed by atoms with van der Waals surface area (Å²) in [6.45, 7) is 0.771. The third-order valence-electron chi connectivity index (χ3n) is 4.27. The number of nitrogens with one attached hydrogen (secondary N) is 3. The van der Waals surface area contributed by atoms with Crippen molar-refractivity contribution in [3.8, 4) is 0 Å². The Balaban J connectivity index is 1.66. The topological polar surface area (TPSA) is 75.8 Å². The van der Waals surface area contributed by atoms with Gasteiger partial charge in [-0.2, -0.15) is 0 Å². The van der Waals surface area contributed by atoms with E-state index in [1.165, 1.54) is 11.2 Å². The first-order valence-corrected chi connectivity index (χ1v) is 9.12. The van der Waals surface area contributed by atoms with Crippen molar-refractivity contribution >= 4 is 17.5 Å². The second-order valence-electron chi connectivity index (χ2n) is 6.86. The van der Waals surface area contributed by atoms with Crippen molar-refractivity contribution in [2.75, 3.05) is 26.0 Å². The Kier molecular flexibility index (Phi) is 6.24. The van der Waals surface area contributed by atoms with Crippen LogP contribution in [0, 0.1) is 0 Å². The van der Waals surface area contributed by atoms with Crippen molar-refractivity contribution in [1.82, 2.24) is 5.32 Å². The van der Waals surface area contributed by atoms with Crippen molar-refractivity contribution < 1.29 is 18.9 Å². The molecule has 3 aromatic rings. The van der Waals surface area contributed by atoms with E-state index < -0.39 is 0 Å². The molecule has 1 heterocycles. The average molecular weight is 378 g/mol. The van der Waals surface area contributed by atoms with Gasteiger partial charge in [-0.1, -0.05) is 30.3 Å². The first-order valence-electron chi connectivity index (χ1n) is 9.12. The summed E-state index contributed by atoms with van der Waals surface area (Å²) >= 11 is 0. The first-order chi connectivity index (χ1) is 13.5. The van der Waals surface area contributed by atoms with Gasteiger partial charge in [0, 0.05) is 11.3 Å². The number of furan rings is 1. The van der Waals surface area contributed by atoms with Crippen molar-refractivity contribution in [3.63, 3.8) is 0 Å². The zero-order valence-corrected chi connectivity index (χ0v) is 15.9. The number of likely N-dealkylation sites (N-methyl/N-ethyl adjacent to an activating group) is 1. The van der Waals surface area contributed by atoms with E-state index in [4.69, 9.17) is 4.42 Å². The van der Waals surface area contributed by atoms with E-state index >= 15 is 0 Å². The molecule has 2 aromatic carbocycles. The third kappa shape index (κ3) is 5.08. The van der Waals surface area contributed by atoms with Crippen LogP contribution in [0.4, 0.5) is 5.69 Å². The van der Waals surface area contributed by atoms with Gasteiger partial charge < -0.3 is 20.0 Å². The second-order valence-corrected chi connectivity index (χ2v) is 6.86.